The van der Waals surface area contributed by atoms with E-state index in [9.17, 15) is 0 Å². The topological polar surface area (TPSA) is 34.8 Å². The molecule has 0 unspecified atom stereocenters. The van der Waals surface area contributed by atoms with Crippen LogP contribution in [0.5, 0.6) is 11.5 Å². The number of methoxy groups -OCH3 is 2. The molecule has 0 N–H and O–H groups in total. The van der Waals surface area contributed by atoms with Gasteiger partial charge >= 0.3 is 0 Å². The van der Waals surface area contributed by atoms with Crippen LogP contribution < -0.4 is 9.47 Å². The predicted octanol–water partition coefficient (Wildman–Crippen LogP) is 6.41. The van der Waals surface area contributed by atoms with Crippen molar-refractivity contribution in [3.63, 3.8) is 0 Å². The Bertz CT molecular complexity index is 1260. The summed E-state index contributed by atoms with van der Waals surface area (Å²) in [6.07, 6.45) is 3.41. The molecule has 0 atom stereocenters. The van der Waals surface area contributed by atoms with Crippen LogP contribution in [0.2, 0.25) is 0 Å². The monoisotopic (exact) mass is 425 g/mol. The lowest BCUT2D eigenvalue weighted by Gasteiger charge is -2.26. The van der Waals surface area contributed by atoms with Crippen LogP contribution in [0.4, 0.5) is 0 Å². The highest BCUT2D eigenvalue weighted by Gasteiger charge is 2.19. The molecule has 0 spiro atoms. The lowest BCUT2D eigenvalue weighted by atomic mass is 9.99. The Kier molecular flexibility index (Phi) is 5.70. The van der Waals surface area contributed by atoms with E-state index < -0.39 is 0 Å². The predicted molar refractivity (Wildman–Crippen MR) is 129 cm³/mol. The van der Waals surface area contributed by atoms with Crippen molar-refractivity contribution >= 4 is 16.5 Å². The number of ether oxygens (including phenoxy) is 2. The highest BCUT2D eigenvalue weighted by molar-refractivity contribution is 5.91. The van der Waals surface area contributed by atoms with Crippen molar-refractivity contribution in [2.24, 2.45) is 0 Å². The van der Waals surface area contributed by atoms with Gasteiger partial charge in [0.05, 0.1) is 19.8 Å². The summed E-state index contributed by atoms with van der Waals surface area (Å²) in [5.74, 6) is 2.32. The molecule has 1 aliphatic heterocycles. The summed E-state index contributed by atoms with van der Waals surface area (Å²) in [7, 11) is 3.36. The number of para-hydroxylation sites is 1. The molecule has 0 aliphatic carbocycles. The molecule has 0 radical (unpaired) electrons. The number of benzene rings is 3. The van der Waals surface area contributed by atoms with Crippen molar-refractivity contribution in [1.29, 1.82) is 0 Å². The van der Waals surface area contributed by atoms with Crippen LogP contribution in [0.1, 0.15) is 17.5 Å². The highest BCUT2D eigenvalue weighted by atomic mass is 16.5. The molecule has 2 heterocycles. The second-order valence-electron chi connectivity index (χ2n) is 8.06. The SMILES string of the molecule is COc1ccccc1-c1cc2c(CN3CC=C(c4ccccc4)CC3)ccc(OC)c2o1. The molecular weight excluding hydrogens is 398 g/mol. The summed E-state index contributed by atoms with van der Waals surface area (Å²) in [6.45, 7) is 2.84. The van der Waals surface area contributed by atoms with Gasteiger partial charge in [0.1, 0.15) is 11.5 Å². The van der Waals surface area contributed by atoms with Crippen molar-refractivity contribution in [3.05, 3.63) is 90.0 Å². The van der Waals surface area contributed by atoms with Gasteiger partial charge in [-0.2, -0.15) is 0 Å². The Hall–Kier alpha value is -3.50. The highest BCUT2D eigenvalue weighted by Crippen LogP contribution is 2.39. The van der Waals surface area contributed by atoms with Crippen LogP contribution >= 0.6 is 0 Å². The maximum Gasteiger partial charge on any atom is 0.176 e. The van der Waals surface area contributed by atoms with E-state index in [0.29, 0.717) is 0 Å². The molecule has 162 valence electrons. The van der Waals surface area contributed by atoms with E-state index in [1.165, 1.54) is 16.7 Å². The number of nitrogens with zero attached hydrogens (tertiary/aromatic N) is 1. The third kappa shape index (κ3) is 3.90. The van der Waals surface area contributed by atoms with Crippen LogP contribution in [0, 0.1) is 0 Å². The van der Waals surface area contributed by atoms with Gasteiger partial charge in [0.2, 0.25) is 0 Å². The largest absolute Gasteiger partial charge is 0.496 e. The van der Waals surface area contributed by atoms with Crippen molar-refractivity contribution in [3.8, 4) is 22.8 Å². The standard InChI is InChI=1S/C28H27NO3/c1-30-25-11-7-6-10-23(25)27-18-24-22(12-13-26(31-2)28(24)32-27)19-29-16-14-21(15-17-29)20-8-4-3-5-9-20/h3-14,18H,15-17,19H2,1-2H3. The zero-order valence-corrected chi connectivity index (χ0v) is 18.5. The molecule has 5 rings (SSSR count). The Morgan fingerprint density at radius 3 is 2.41 bits per heavy atom. The van der Waals surface area contributed by atoms with Gasteiger partial charge in [0.25, 0.3) is 0 Å². The quantitative estimate of drug-likeness (QED) is 0.358. The maximum atomic E-state index is 6.29. The minimum absolute atomic E-state index is 0.745. The molecule has 1 aromatic heterocycles. The second kappa shape index (κ2) is 8.93. The third-order valence-electron chi connectivity index (χ3n) is 6.16. The lowest BCUT2D eigenvalue weighted by molar-refractivity contribution is 0.295. The molecule has 3 aromatic carbocycles. The normalized spacial score (nSPS) is 14.4. The van der Waals surface area contributed by atoms with E-state index in [2.05, 4.69) is 53.4 Å². The molecular formula is C28H27NO3. The van der Waals surface area contributed by atoms with Gasteiger partial charge in [-0.3, -0.25) is 4.90 Å². The smallest absolute Gasteiger partial charge is 0.176 e. The van der Waals surface area contributed by atoms with Crippen molar-refractivity contribution in [2.45, 2.75) is 13.0 Å². The minimum Gasteiger partial charge on any atom is -0.496 e. The van der Waals surface area contributed by atoms with Crippen molar-refractivity contribution in [1.82, 2.24) is 4.90 Å². The molecule has 32 heavy (non-hydrogen) atoms. The van der Waals surface area contributed by atoms with Crippen LogP contribution in [-0.2, 0) is 6.54 Å². The van der Waals surface area contributed by atoms with Gasteiger partial charge in [-0.15, -0.1) is 0 Å². The van der Waals surface area contributed by atoms with Crippen molar-refractivity contribution in [2.75, 3.05) is 27.3 Å². The fourth-order valence-electron chi connectivity index (χ4n) is 4.44. The van der Waals surface area contributed by atoms with E-state index in [0.717, 1.165) is 59.8 Å². The fraction of sp³-hybridized carbons (Fsp3) is 0.214. The van der Waals surface area contributed by atoms with E-state index in [1.54, 1.807) is 14.2 Å². The summed E-state index contributed by atoms with van der Waals surface area (Å²) in [4.78, 5) is 2.48. The average Bonchev–Trinajstić information content (AvgIpc) is 3.31. The van der Waals surface area contributed by atoms with Gasteiger partial charge in [0.15, 0.2) is 11.3 Å². The first kappa shape index (κ1) is 20.4. The fourth-order valence-corrected chi connectivity index (χ4v) is 4.44. The third-order valence-corrected chi connectivity index (χ3v) is 6.16. The zero-order chi connectivity index (χ0) is 21.9. The van der Waals surface area contributed by atoms with E-state index in [1.807, 2.05) is 30.3 Å². The van der Waals surface area contributed by atoms with Gasteiger partial charge in [0, 0.05) is 25.0 Å². The maximum absolute atomic E-state index is 6.29. The van der Waals surface area contributed by atoms with Gasteiger partial charge < -0.3 is 13.9 Å². The first-order chi connectivity index (χ1) is 15.8. The number of hydrogen-bond acceptors (Lipinski definition) is 4. The summed E-state index contributed by atoms with van der Waals surface area (Å²) in [5, 5.41) is 1.09. The van der Waals surface area contributed by atoms with Crippen LogP contribution in [0.3, 0.4) is 0 Å². The molecule has 4 heteroatoms. The Balaban J connectivity index is 1.45. The zero-order valence-electron chi connectivity index (χ0n) is 18.5. The summed E-state index contributed by atoms with van der Waals surface area (Å²) >= 11 is 0. The first-order valence-electron chi connectivity index (χ1n) is 11.0. The van der Waals surface area contributed by atoms with Gasteiger partial charge in [-0.25, -0.2) is 0 Å². The van der Waals surface area contributed by atoms with Crippen LogP contribution in [0.15, 0.2) is 83.3 Å². The van der Waals surface area contributed by atoms with Gasteiger partial charge in [-0.1, -0.05) is 54.6 Å². The first-order valence-corrected chi connectivity index (χ1v) is 11.0. The molecule has 4 nitrogen and oxygen atoms in total. The van der Waals surface area contributed by atoms with E-state index >= 15 is 0 Å². The van der Waals surface area contributed by atoms with Crippen LogP contribution in [0.25, 0.3) is 27.9 Å². The minimum atomic E-state index is 0.745. The van der Waals surface area contributed by atoms with E-state index in [4.69, 9.17) is 13.9 Å². The Morgan fingerprint density at radius 1 is 0.875 bits per heavy atom. The second-order valence-corrected chi connectivity index (χ2v) is 8.06. The number of furan rings is 1. The molecule has 0 saturated carbocycles. The molecule has 0 amide bonds. The van der Waals surface area contributed by atoms with Crippen molar-refractivity contribution < 1.29 is 13.9 Å². The summed E-state index contributed by atoms with van der Waals surface area (Å²) < 4.78 is 17.4. The number of rotatable bonds is 6. The molecule has 0 saturated heterocycles. The lowest BCUT2D eigenvalue weighted by Crippen LogP contribution is -2.28. The Morgan fingerprint density at radius 2 is 1.66 bits per heavy atom. The summed E-state index contributed by atoms with van der Waals surface area (Å²) in [5.41, 5.74) is 5.72. The molecule has 1 aliphatic rings. The molecule has 4 aromatic rings. The molecule has 0 fully saturated rings. The van der Waals surface area contributed by atoms with Gasteiger partial charge in [-0.05, 0) is 47.4 Å². The Labute approximate surface area is 188 Å². The average molecular weight is 426 g/mol. The molecule has 0 bridgehead atoms. The summed E-state index contributed by atoms with van der Waals surface area (Å²) in [6, 6.07) is 24.9. The van der Waals surface area contributed by atoms with Crippen LogP contribution in [-0.4, -0.2) is 32.2 Å². The number of hydrogen-bond donors (Lipinski definition) is 0. The number of fused-ring (bicyclic) bond motifs is 1. The van der Waals surface area contributed by atoms with E-state index in [-0.39, 0.29) is 0 Å².